The number of hydrogen-bond acceptors (Lipinski definition) is 3. The van der Waals surface area contributed by atoms with E-state index in [1.54, 1.807) is 6.20 Å². The predicted octanol–water partition coefficient (Wildman–Crippen LogP) is 4.13. The second-order valence-electron chi connectivity index (χ2n) is 6.59. The molecule has 29 heavy (non-hydrogen) atoms. The van der Waals surface area contributed by atoms with Crippen LogP contribution in [0.2, 0.25) is 0 Å². The smallest absolute Gasteiger partial charge is 0.225 e. The van der Waals surface area contributed by atoms with E-state index in [1.807, 2.05) is 72.8 Å². The zero-order valence-electron chi connectivity index (χ0n) is 15.9. The summed E-state index contributed by atoms with van der Waals surface area (Å²) in [5.74, 6) is 6.53. The van der Waals surface area contributed by atoms with Crippen LogP contribution in [0.3, 0.4) is 0 Å². The number of pyridine rings is 1. The Labute approximate surface area is 169 Å². The van der Waals surface area contributed by atoms with E-state index < -0.39 is 0 Å². The third kappa shape index (κ3) is 4.72. The SMILES string of the molecule is O=C(Cc1cccc2ccccc12)NCC#CCOc1ccc2cccnc2c1. The maximum Gasteiger partial charge on any atom is 0.225 e. The van der Waals surface area contributed by atoms with Gasteiger partial charge in [0.1, 0.15) is 12.4 Å². The first-order chi connectivity index (χ1) is 14.3. The van der Waals surface area contributed by atoms with Gasteiger partial charge in [-0.25, -0.2) is 0 Å². The average Bonchev–Trinajstić information content (AvgIpc) is 2.76. The van der Waals surface area contributed by atoms with Gasteiger partial charge in [-0.1, -0.05) is 60.4 Å². The van der Waals surface area contributed by atoms with Crippen molar-refractivity contribution in [1.29, 1.82) is 0 Å². The summed E-state index contributed by atoms with van der Waals surface area (Å²) < 4.78 is 5.64. The number of carbonyl (C=O) groups is 1. The molecule has 0 aliphatic rings. The highest BCUT2D eigenvalue weighted by Gasteiger charge is 2.05. The summed E-state index contributed by atoms with van der Waals surface area (Å²) in [5, 5.41) is 6.15. The van der Waals surface area contributed by atoms with Crippen LogP contribution >= 0.6 is 0 Å². The van der Waals surface area contributed by atoms with E-state index in [0.29, 0.717) is 13.0 Å². The summed E-state index contributed by atoms with van der Waals surface area (Å²) in [6.07, 6.45) is 2.09. The number of amides is 1. The molecule has 4 nitrogen and oxygen atoms in total. The molecule has 0 saturated carbocycles. The highest BCUT2D eigenvalue weighted by molar-refractivity contribution is 5.90. The molecule has 1 amide bonds. The van der Waals surface area contributed by atoms with E-state index in [0.717, 1.165) is 33.0 Å². The lowest BCUT2D eigenvalue weighted by Gasteiger charge is -2.06. The average molecular weight is 380 g/mol. The van der Waals surface area contributed by atoms with Crippen LogP contribution < -0.4 is 10.1 Å². The van der Waals surface area contributed by atoms with E-state index in [9.17, 15) is 4.79 Å². The fourth-order valence-corrected chi connectivity index (χ4v) is 3.19. The van der Waals surface area contributed by atoms with Gasteiger partial charge in [0.2, 0.25) is 5.91 Å². The van der Waals surface area contributed by atoms with Crippen molar-refractivity contribution in [3.8, 4) is 17.6 Å². The van der Waals surface area contributed by atoms with Crippen LogP contribution in [-0.2, 0) is 11.2 Å². The van der Waals surface area contributed by atoms with Crippen molar-refractivity contribution in [2.24, 2.45) is 0 Å². The van der Waals surface area contributed by atoms with Gasteiger partial charge in [-0.2, -0.15) is 0 Å². The maximum atomic E-state index is 12.2. The minimum Gasteiger partial charge on any atom is -0.481 e. The number of carbonyl (C=O) groups excluding carboxylic acids is 1. The summed E-state index contributed by atoms with van der Waals surface area (Å²) in [7, 11) is 0. The van der Waals surface area contributed by atoms with Gasteiger partial charge >= 0.3 is 0 Å². The molecule has 0 aliphatic carbocycles. The van der Waals surface area contributed by atoms with Gasteiger partial charge in [0, 0.05) is 17.6 Å². The molecule has 4 aromatic rings. The van der Waals surface area contributed by atoms with Gasteiger partial charge in [0.25, 0.3) is 0 Å². The number of benzene rings is 3. The molecule has 1 aromatic heterocycles. The maximum absolute atomic E-state index is 12.2. The molecule has 0 atom stereocenters. The highest BCUT2D eigenvalue weighted by atomic mass is 16.5. The molecule has 1 N–H and O–H groups in total. The summed E-state index contributed by atoms with van der Waals surface area (Å²) in [5.41, 5.74) is 1.90. The van der Waals surface area contributed by atoms with E-state index in [4.69, 9.17) is 4.74 Å². The molecular weight excluding hydrogens is 360 g/mol. The molecule has 0 spiro atoms. The Hall–Kier alpha value is -3.84. The summed E-state index contributed by atoms with van der Waals surface area (Å²) in [6, 6.07) is 23.8. The van der Waals surface area contributed by atoms with Crippen molar-refractivity contribution in [2.75, 3.05) is 13.2 Å². The minimum atomic E-state index is -0.0443. The minimum absolute atomic E-state index is 0.0443. The largest absolute Gasteiger partial charge is 0.481 e. The third-order valence-corrected chi connectivity index (χ3v) is 4.62. The van der Waals surface area contributed by atoms with Crippen LogP contribution in [0, 0.1) is 11.8 Å². The number of aromatic nitrogens is 1. The lowest BCUT2D eigenvalue weighted by Crippen LogP contribution is -2.25. The van der Waals surface area contributed by atoms with Crippen molar-refractivity contribution in [1.82, 2.24) is 10.3 Å². The quantitative estimate of drug-likeness (QED) is 0.530. The predicted molar refractivity (Wildman–Crippen MR) is 116 cm³/mol. The van der Waals surface area contributed by atoms with Crippen LogP contribution in [0.4, 0.5) is 0 Å². The molecule has 4 heteroatoms. The molecule has 0 aliphatic heterocycles. The Morgan fingerprint density at radius 3 is 2.76 bits per heavy atom. The topological polar surface area (TPSA) is 51.2 Å². The Morgan fingerprint density at radius 2 is 1.79 bits per heavy atom. The molecule has 0 bridgehead atoms. The molecule has 0 fully saturated rings. The molecule has 0 unspecified atom stereocenters. The third-order valence-electron chi connectivity index (χ3n) is 4.62. The zero-order chi connectivity index (χ0) is 19.9. The molecule has 0 radical (unpaired) electrons. The van der Waals surface area contributed by atoms with Gasteiger partial charge in [0.05, 0.1) is 18.5 Å². The molecular formula is C25H20N2O2. The van der Waals surface area contributed by atoms with Gasteiger partial charge in [-0.05, 0) is 34.5 Å². The van der Waals surface area contributed by atoms with Gasteiger partial charge in [-0.15, -0.1) is 0 Å². The van der Waals surface area contributed by atoms with Gasteiger partial charge in [0.15, 0.2) is 0 Å². The Morgan fingerprint density at radius 1 is 0.931 bits per heavy atom. The highest BCUT2D eigenvalue weighted by Crippen LogP contribution is 2.19. The lowest BCUT2D eigenvalue weighted by atomic mass is 10.0. The standard InChI is InChI=1S/C25H20N2O2/c28-25(17-21-9-5-8-19-7-1-2-11-23(19)21)27-14-3-4-16-29-22-13-12-20-10-6-15-26-24(20)18-22/h1-2,5-13,15,18H,14,16-17H2,(H,27,28). The first-order valence-electron chi connectivity index (χ1n) is 9.46. The van der Waals surface area contributed by atoms with Crippen LogP contribution in [-0.4, -0.2) is 24.0 Å². The Kier molecular flexibility index (Phi) is 5.68. The second-order valence-corrected chi connectivity index (χ2v) is 6.59. The zero-order valence-corrected chi connectivity index (χ0v) is 15.9. The number of nitrogens with one attached hydrogen (secondary N) is 1. The number of fused-ring (bicyclic) bond motifs is 2. The monoisotopic (exact) mass is 380 g/mol. The Balaban J connectivity index is 1.26. The molecule has 4 rings (SSSR count). The van der Waals surface area contributed by atoms with Crippen molar-refractivity contribution >= 4 is 27.6 Å². The van der Waals surface area contributed by atoms with Crippen LogP contribution in [0.5, 0.6) is 5.75 Å². The van der Waals surface area contributed by atoms with E-state index in [-0.39, 0.29) is 12.5 Å². The summed E-state index contributed by atoms with van der Waals surface area (Å²) in [4.78, 5) is 16.5. The fourth-order valence-electron chi connectivity index (χ4n) is 3.19. The molecule has 3 aromatic carbocycles. The van der Waals surface area contributed by atoms with Crippen molar-refractivity contribution < 1.29 is 9.53 Å². The first-order valence-corrected chi connectivity index (χ1v) is 9.46. The lowest BCUT2D eigenvalue weighted by molar-refractivity contribution is -0.120. The van der Waals surface area contributed by atoms with Crippen LogP contribution in [0.15, 0.2) is 79.0 Å². The molecule has 142 valence electrons. The van der Waals surface area contributed by atoms with E-state index >= 15 is 0 Å². The molecule has 1 heterocycles. The number of nitrogens with zero attached hydrogens (tertiary/aromatic N) is 1. The van der Waals surface area contributed by atoms with Crippen molar-refractivity contribution in [3.63, 3.8) is 0 Å². The van der Waals surface area contributed by atoms with E-state index in [2.05, 4.69) is 22.1 Å². The van der Waals surface area contributed by atoms with Gasteiger partial charge < -0.3 is 10.1 Å². The normalized spacial score (nSPS) is 10.3. The van der Waals surface area contributed by atoms with E-state index in [1.165, 1.54) is 0 Å². The summed E-state index contributed by atoms with van der Waals surface area (Å²) in [6.45, 7) is 0.559. The first kappa shape index (κ1) is 18.5. The van der Waals surface area contributed by atoms with Crippen molar-refractivity contribution in [2.45, 2.75) is 6.42 Å². The fraction of sp³-hybridized carbons (Fsp3) is 0.120. The number of hydrogen-bond donors (Lipinski definition) is 1. The number of ether oxygens (including phenoxy) is 1. The van der Waals surface area contributed by atoms with Gasteiger partial charge in [-0.3, -0.25) is 9.78 Å². The molecule has 0 saturated heterocycles. The van der Waals surface area contributed by atoms with Crippen molar-refractivity contribution in [3.05, 3.63) is 84.6 Å². The number of rotatable bonds is 5. The van der Waals surface area contributed by atoms with Crippen LogP contribution in [0.25, 0.3) is 21.7 Å². The van der Waals surface area contributed by atoms with Crippen LogP contribution in [0.1, 0.15) is 5.56 Å². The Bertz CT molecular complexity index is 1220. The summed E-state index contributed by atoms with van der Waals surface area (Å²) >= 11 is 0. The second kappa shape index (κ2) is 8.90.